The fourth-order valence-electron chi connectivity index (χ4n) is 5.41. The zero-order chi connectivity index (χ0) is 21.3. The molecule has 1 heterocycles. The van der Waals surface area contributed by atoms with Crippen LogP contribution in [0.4, 0.5) is 11.4 Å². The fourth-order valence-corrected chi connectivity index (χ4v) is 7.55. The molecule has 0 N–H and O–H groups in total. The maximum absolute atomic E-state index is 4.49. The third kappa shape index (κ3) is 5.29. The number of quaternary nitrogens is 1. The van der Waals surface area contributed by atoms with Crippen molar-refractivity contribution in [3.63, 3.8) is 0 Å². The summed E-state index contributed by atoms with van der Waals surface area (Å²) < 4.78 is 3.42. The monoisotopic (exact) mass is 512 g/mol. The van der Waals surface area contributed by atoms with Crippen LogP contribution in [-0.2, 0) is 0 Å². The largest absolute Gasteiger partial charge is 1.00 e. The summed E-state index contributed by atoms with van der Waals surface area (Å²) in [4.78, 5) is 7.13. The Labute approximate surface area is 204 Å². The Morgan fingerprint density at radius 2 is 1.40 bits per heavy atom. The van der Waals surface area contributed by atoms with Crippen molar-refractivity contribution in [2.24, 2.45) is 0 Å². The molecule has 1 atom stereocenters. The maximum atomic E-state index is 4.49. The predicted molar refractivity (Wildman–Crippen MR) is 140 cm³/mol. The molecule has 2 aromatic carbocycles. The number of alkyl halides is 2. The second kappa shape index (κ2) is 10.4. The van der Waals surface area contributed by atoms with Gasteiger partial charge in [-0.15, -0.1) is 0 Å². The Morgan fingerprint density at radius 3 is 1.90 bits per heavy atom. The van der Waals surface area contributed by atoms with Crippen LogP contribution in [0, 0.1) is 53.4 Å². The summed E-state index contributed by atoms with van der Waals surface area (Å²) in [5.41, 5.74) is 11.4. The Bertz CT molecular complexity index is 849. The van der Waals surface area contributed by atoms with E-state index in [1.54, 1.807) is 5.69 Å². The van der Waals surface area contributed by atoms with Gasteiger partial charge < -0.3 is 0 Å². The Kier molecular flexibility index (Phi) is 8.96. The van der Waals surface area contributed by atoms with Crippen molar-refractivity contribution in [3.05, 3.63) is 69.5 Å². The summed E-state index contributed by atoms with van der Waals surface area (Å²) in [6, 6.07) is 9.41. The summed E-state index contributed by atoms with van der Waals surface area (Å²) in [5.74, 6) is 0. The van der Waals surface area contributed by atoms with Gasteiger partial charge >= 0.3 is 206 Å². The van der Waals surface area contributed by atoms with E-state index in [0.29, 0.717) is 0 Å². The van der Waals surface area contributed by atoms with Gasteiger partial charge in [-0.1, -0.05) is 0 Å². The number of aryl methyl sites for hydroxylation is 6. The number of anilines is 1. The van der Waals surface area contributed by atoms with E-state index >= 15 is 0 Å². The normalized spacial score (nSPS) is 19.1. The van der Waals surface area contributed by atoms with Crippen LogP contribution in [0.3, 0.4) is 0 Å². The molecule has 1 aliphatic rings. The van der Waals surface area contributed by atoms with Gasteiger partial charge in [0.25, 0.3) is 0 Å². The molecular formula is C26H38ILiN2. The number of rotatable bonds is 6. The van der Waals surface area contributed by atoms with Crippen LogP contribution < -0.4 is 28.2 Å². The van der Waals surface area contributed by atoms with Gasteiger partial charge in [0.05, 0.1) is 0 Å². The average Bonchev–Trinajstić information content (AvgIpc) is 3.02. The van der Waals surface area contributed by atoms with Gasteiger partial charge in [0, 0.05) is 0 Å². The van der Waals surface area contributed by atoms with Crippen LogP contribution >= 0.6 is 19.8 Å². The standard InChI is InChI=1S/C26H38IN2.Li/c1-9-27(8)10-12-29(26-23(6)16-20(3)17-24(26)7)13-11-28(18-29)25-21(4)14-19(2)15-22(25)5;/h14-17H,1,8-13,18H2,2-7H3;/q-1;+1. The van der Waals surface area contributed by atoms with Crippen molar-refractivity contribution in [1.29, 1.82) is 0 Å². The molecule has 0 aromatic heterocycles. The van der Waals surface area contributed by atoms with Crippen molar-refractivity contribution in [2.75, 3.05) is 40.1 Å². The van der Waals surface area contributed by atoms with E-state index in [0.717, 1.165) is 22.1 Å². The molecule has 1 unspecified atom stereocenters. The summed E-state index contributed by atoms with van der Waals surface area (Å²) in [6.45, 7) is 22.3. The first-order valence-corrected chi connectivity index (χ1v) is 15.2. The molecule has 160 valence electrons. The molecule has 1 aliphatic heterocycles. The van der Waals surface area contributed by atoms with E-state index in [1.165, 1.54) is 56.6 Å². The van der Waals surface area contributed by atoms with Crippen LogP contribution in [0.5, 0.6) is 0 Å². The van der Waals surface area contributed by atoms with Gasteiger partial charge in [0.2, 0.25) is 0 Å². The SMILES string of the molecule is [CH2-]CI([CH2-])CC[N+]1(c2c(C)cc(C)cc2C)CCN(c2c(C)cc(C)cc2C)C1.[Li+]. The zero-order valence-corrected chi connectivity index (χ0v) is 22.4. The predicted octanol–water partition coefficient (Wildman–Crippen LogP) is 3.46. The molecule has 0 aliphatic carbocycles. The van der Waals surface area contributed by atoms with Gasteiger partial charge in [-0.05, 0) is 0 Å². The van der Waals surface area contributed by atoms with Crippen LogP contribution in [0.25, 0.3) is 0 Å². The molecule has 2 aromatic rings. The number of hydrogen-bond donors (Lipinski definition) is 0. The first-order valence-electron chi connectivity index (χ1n) is 10.6. The Hall–Kier alpha value is -0.473. The van der Waals surface area contributed by atoms with E-state index in [2.05, 4.69) is 82.6 Å². The summed E-state index contributed by atoms with van der Waals surface area (Å²) >= 11 is -1.14. The van der Waals surface area contributed by atoms with Crippen LogP contribution in [0.1, 0.15) is 33.4 Å². The second-order valence-electron chi connectivity index (χ2n) is 8.94. The Morgan fingerprint density at radius 1 is 0.900 bits per heavy atom. The summed E-state index contributed by atoms with van der Waals surface area (Å²) in [6.07, 6.45) is 0. The fraction of sp³-hybridized carbons (Fsp3) is 0.462. The third-order valence-electron chi connectivity index (χ3n) is 6.35. The van der Waals surface area contributed by atoms with Crippen molar-refractivity contribution in [3.8, 4) is 0 Å². The van der Waals surface area contributed by atoms with Crippen LogP contribution in [0.15, 0.2) is 24.3 Å². The number of hydrogen-bond acceptors (Lipinski definition) is 1. The molecule has 4 heteroatoms. The van der Waals surface area contributed by atoms with Crippen molar-refractivity contribution in [2.45, 2.75) is 41.5 Å². The van der Waals surface area contributed by atoms with Crippen molar-refractivity contribution < 1.29 is 18.9 Å². The van der Waals surface area contributed by atoms with E-state index in [-0.39, 0.29) is 18.9 Å². The van der Waals surface area contributed by atoms with Gasteiger partial charge in [0.15, 0.2) is 0 Å². The first-order chi connectivity index (χ1) is 13.7. The molecule has 2 nitrogen and oxygen atoms in total. The van der Waals surface area contributed by atoms with E-state index < -0.39 is 19.8 Å². The molecule has 1 fully saturated rings. The number of halogens is 1. The van der Waals surface area contributed by atoms with Crippen molar-refractivity contribution >= 4 is 31.2 Å². The molecule has 30 heavy (non-hydrogen) atoms. The Balaban J connectivity index is 0.00000320. The summed E-state index contributed by atoms with van der Waals surface area (Å²) in [5, 5.41) is 0. The van der Waals surface area contributed by atoms with Gasteiger partial charge in [-0.3, -0.25) is 0 Å². The topological polar surface area (TPSA) is 3.24 Å². The quantitative estimate of drug-likeness (QED) is 0.189. The molecule has 0 bridgehead atoms. The number of benzene rings is 2. The second-order valence-corrected chi connectivity index (χ2v) is 14.3. The zero-order valence-electron chi connectivity index (χ0n) is 20.2. The van der Waals surface area contributed by atoms with E-state index in [9.17, 15) is 0 Å². The minimum atomic E-state index is -1.14. The van der Waals surface area contributed by atoms with Gasteiger partial charge in [-0.2, -0.15) is 0 Å². The molecule has 0 radical (unpaired) electrons. The van der Waals surface area contributed by atoms with Crippen molar-refractivity contribution in [1.82, 2.24) is 4.48 Å². The minimum absolute atomic E-state index is 0. The van der Waals surface area contributed by atoms with Gasteiger partial charge in [0.1, 0.15) is 0 Å². The number of nitrogens with zero attached hydrogens (tertiary/aromatic N) is 2. The molecule has 3 rings (SSSR count). The molecular weight excluding hydrogens is 474 g/mol. The minimum Gasteiger partial charge on any atom is 1.00 e. The van der Waals surface area contributed by atoms with Crippen LogP contribution in [0.2, 0.25) is 0 Å². The van der Waals surface area contributed by atoms with E-state index in [1.807, 2.05) is 0 Å². The van der Waals surface area contributed by atoms with Crippen LogP contribution in [-0.4, -0.2) is 35.2 Å². The molecule has 0 saturated carbocycles. The smallest absolute Gasteiger partial charge is 1.00 e. The van der Waals surface area contributed by atoms with E-state index in [4.69, 9.17) is 0 Å². The summed E-state index contributed by atoms with van der Waals surface area (Å²) in [7, 11) is 0. The first kappa shape index (κ1) is 25.8. The molecule has 0 amide bonds. The maximum Gasteiger partial charge on any atom is 1.00 e. The van der Waals surface area contributed by atoms with Gasteiger partial charge in [-0.25, -0.2) is 0 Å². The molecule has 0 spiro atoms. The third-order valence-corrected chi connectivity index (χ3v) is 9.88. The average molecular weight is 512 g/mol. The molecule has 1 saturated heterocycles.